The van der Waals surface area contributed by atoms with Crippen LogP contribution in [0.5, 0.6) is 0 Å². The molecule has 4 rings (SSSR count). The maximum Gasteiger partial charge on any atom is 0.417 e. The van der Waals surface area contributed by atoms with Gasteiger partial charge in [0.05, 0.1) is 10.9 Å². The number of halogens is 1. The lowest BCUT2D eigenvalue weighted by Crippen LogP contribution is -2.15. The molecule has 0 fully saturated rings. The van der Waals surface area contributed by atoms with Gasteiger partial charge in [0.25, 0.3) is 5.91 Å². The second kappa shape index (κ2) is 5.45. The fraction of sp³-hybridized carbons (Fsp3) is 0. The number of benzene rings is 2. The Hall–Kier alpha value is -3.68. The molecule has 8 heteroatoms. The van der Waals surface area contributed by atoms with Crippen molar-refractivity contribution in [1.29, 1.82) is 0 Å². The van der Waals surface area contributed by atoms with Gasteiger partial charge in [-0.05, 0) is 24.3 Å². The Morgan fingerprint density at radius 1 is 1.00 bits per heavy atom. The average Bonchev–Trinajstić information content (AvgIpc) is 2.93. The molecule has 0 aliphatic rings. The van der Waals surface area contributed by atoms with E-state index in [1.807, 2.05) is 0 Å². The van der Waals surface area contributed by atoms with Gasteiger partial charge in [0, 0.05) is 23.9 Å². The number of anilines is 1. The number of hydrogen-bond acceptors (Lipinski definition) is 5. The Kier molecular flexibility index (Phi) is 3.24. The molecule has 2 N–H and O–H groups in total. The molecular formula is C17H9FN2O5. The lowest BCUT2D eigenvalue weighted by Gasteiger charge is -2.05. The Bertz CT molecular complexity index is 1250. The minimum absolute atomic E-state index is 0.0234. The molecule has 0 saturated heterocycles. The number of H-pyrrole nitrogens is 1. The van der Waals surface area contributed by atoms with Gasteiger partial charge in [0.1, 0.15) is 11.4 Å². The van der Waals surface area contributed by atoms with Crippen LogP contribution < -0.4 is 16.5 Å². The fourth-order valence-corrected chi connectivity index (χ4v) is 2.46. The summed E-state index contributed by atoms with van der Waals surface area (Å²) >= 11 is 0. The van der Waals surface area contributed by atoms with E-state index in [0.717, 1.165) is 18.2 Å². The monoisotopic (exact) mass is 340 g/mol. The van der Waals surface area contributed by atoms with E-state index in [4.69, 9.17) is 8.83 Å². The molecule has 0 aliphatic carbocycles. The van der Waals surface area contributed by atoms with Crippen molar-refractivity contribution in [2.45, 2.75) is 0 Å². The molecule has 1 amide bonds. The van der Waals surface area contributed by atoms with Crippen molar-refractivity contribution in [3.05, 3.63) is 74.8 Å². The van der Waals surface area contributed by atoms with E-state index in [1.165, 1.54) is 12.1 Å². The zero-order chi connectivity index (χ0) is 17.6. The summed E-state index contributed by atoms with van der Waals surface area (Å²) < 4.78 is 23.5. The molecule has 0 radical (unpaired) electrons. The van der Waals surface area contributed by atoms with E-state index < -0.39 is 22.9 Å². The summed E-state index contributed by atoms with van der Waals surface area (Å²) in [5, 5.41) is 2.70. The number of aromatic nitrogens is 1. The maximum atomic E-state index is 13.3. The molecule has 0 unspecified atom stereocenters. The van der Waals surface area contributed by atoms with Crippen LogP contribution in [0, 0.1) is 5.82 Å². The van der Waals surface area contributed by atoms with Crippen molar-refractivity contribution in [3.63, 3.8) is 0 Å². The lowest BCUT2D eigenvalue weighted by molar-refractivity contribution is 0.0997. The van der Waals surface area contributed by atoms with Gasteiger partial charge >= 0.3 is 5.76 Å². The van der Waals surface area contributed by atoms with Crippen LogP contribution in [0.15, 0.2) is 60.9 Å². The third kappa shape index (κ3) is 2.69. The Labute approximate surface area is 137 Å². The van der Waals surface area contributed by atoms with Crippen LogP contribution in [0.2, 0.25) is 0 Å². The van der Waals surface area contributed by atoms with Crippen LogP contribution in [0.3, 0.4) is 0 Å². The number of hydrogen-bond donors (Lipinski definition) is 2. The van der Waals surface area contributed by atoms with Crippen LogP contribution in [0.4, 0.5) is 10.1 Å². The summed E-state index contributed by atoms with van der Waals surface area (Å²) in [6.07, 6.45) is 0. The molecule has 4 aromatic rings. The highest BCUT2D eigenvalue weighted by molar-refractivity contribution is 6.03. The third-order valence-corrected chi connectivity index (χ3v) is 3.59. The first kappa shape index (κ1) is 14.9. The smallest absolute Gasteiger partial charge is 0.417 e. The second-order valence-electron chi connectivity index (χ2n) is 5.29. The molecule has 25 heavy (non-hydrogen) atoms. The first-order chi connectivity index (χ1) is 12.0. The highest BCUT2D eigenvalue weighted by Gasteiger charge is 2.14. The molecule has 0 aliphatic heterocycles. The summed E-state index contributed by atoms with van der Waals surface area (Å²) in [5.41, 5.74) is 0.603. The number of amides is 1. The van der Waals surface area contributed by atoms with Crippen LogP contribution in [0.1, 0.15) is 10.6 Å². The number of fused-ring (bicyclic) bond motifs is 2. The molecule has 2 aromatic heterocycles. The van der Waals surface area contributed by atoms with Crippen molar-refractivity contribution >= 4 is 33.7 Å². The largest absolute Gasteiger partial charge is 0.451 e. The molecule has 7 nitrogen and oxygen atoms in total. The SMILES string of the molecule is O=C(Nc1ccc2[nH]c(=O)oc2c1)c1cc(=O)c2ccc(F)cc2o1. The first-order valence-corrected chi connectivity index (χ1v) is 7.17. The summed E-state index contributed by atoms with van der Waals surface area (Å²) in [4.78, 5) is 37.9. The van der Waals surface area contributed by atoms with Crippen LogP contribution >= 0.6 is 0 Å². The van der Waals surface area contributed by atoms with Gasteiger partial charge in [-0.1, -0.05) is 0 Å². The van der Waals surface area contributed by atoms with Gasteiger partial charge in [0.15, 0.2) is 16.8 Å². The van der Waals surface area contributed by atoms with Crippen LogP contribution in [-0.4, -0.2) is 10.9 Å². The van der Waals surface area contributed by atoms with Gasteiger partial charge < -0.3 is 14.2 Å². The Balaban J connectivity index is 1.71. The number of nitrogens with one attached hydrogen (secondary N) is 2. The molecule has 0 saturated carbocycles. The Morgan fingerprint density at radius 2 is 1.84 bits per heavy atom. The number of oxazole rings is 1. The van der Waals surface area contributed by atoms with Crippen molar-refractivity contribution in [2.75, 3.05) is 5.32 Å². The highest BCUT2D eigenvalue weighted by Crippen LogP contribution is 2.18. The number of carbonyl (C=O) groups excluding carboxylic acids is 1. The molecule has 2 heterocycles. The normalized spacial score (nSPS) is 11.1. The quantitative estimate of drug-likeness (QED) is 0.583. The van der Waals surface area contributed by atoms with Crippen molar-refractivity contribution < 1.29 is 18.0 Å². The summed E-state index contributed by atoms with van der Waals surface area (Å²) in [6, 6.07) is 9.05. The van der Waals surface area contributed by atoms with Gasteiger partial charge in [-0.2, -0.15) is 0 Å². The number of aromatic amines is 1. The molecule has 124 valence electrons. The predicted molar refractivity (Wildman–Crippen MR) is 87.2 cm³/mol. The van der Waals surface area contributed by atoms with Crippen molar-refractivity contribution in [2.24, 2.45) is 0 Å². The van der Waals surface area contributed by atoms with E-state index >= 15 is 0 Å². The molecule has 0 atom stereocenters. The molecule has 0 spiro atoms. The zero-order valence-electron chi connectivity index (χ0n) is 12.5. The van der Waals surface area contributed by atoms with Gasteiger partial charge in [0.2, 0.25) is 0 Å². The van der Waals surface area contributed by atoms with Gasteiger partial charge in [-0.25, -0.2) is 9.18 Å². The van der Waals surface area contributed by atoms with Crippen molar-refractivity contribution in [1.82, 2.24) is 4.98 Å². The van der Waals surface area contributed by atoms with E-state index in [9.17, 15) is 18.8 Å². The average molecular weight is 340 g/mol. The minimum Gasteiger partial charge on any atom is -0.451 e. The minimum atomic E-state index is -0.694. The van der Waals surface area contributed by atoms with E-state index in [2.05, 4.69) is 10.3 Å². The highest BCUT2D eigenvalue weighted by atomic mass is 19.1. The first-order valence-electron chi connectivity index (χ1n) is 7.17. The molecule has 0 bridgehead atoms. The Morgan fingerprint density at radius 3 is 2.68 bits per heavy atom. The van der Waals surface area contributed by atoms with E-state index in [-0.39, 0.29) is 22.3 Å². The van der Waals surface area contributed by atoms with Crippen LogP contribution in [0.25, 0.3) is 22.1 Å². The van der Waals surface area contributed by atoms with E-state index in [0.29, 0.717) is 11.2 Å². The summed E-state index contributed by atoms with van der Waals surface area (Å²) in [6.45, 7) is 0. The molecular weight excluding hydrogens is 331 g/mol. The second-order valence-corrected chi connectivity index (χ2v) is 5.29. The topological polar surface area (TPSA) is 105 Å². The van der Waals surface area contributed by atoms with Gasteiger partial charge in [-0.15, -0.1) is 0 Å². The van der Waals surface area contributed by atoms with Crippen molar-refractivity contribution in [3.8, 4) is 0 Å². The molecule has 2 aromatic carbocycles. The summed E-state index contributed by atoms with van der Waals surface area (Å²) in [7, 11) is 0. The third-order valence-electron chi connectivity index (χ3n) is 3.59. The summed E-state index contributed by atoms with van der Waals surface area (Å²) in [5.74, 6) is -2.15. The number of rotatable bonds is 2. The zero-order valence-corrected chi connectivity index (χ0v) is 12.5. The maximum absolute atomic E-state index is 13.3. The fourth-order valence-electron chi connectivity index (χ4n) is 2.46. The van der Waals surface area contributed by atoms with E-state index in [1.54, 1.807) is 12.1 Å². The lowest BCUT2D eigenvalue weighted by atomic mass is 10.2. The van der Waals surface area contributed by atoms with Crippen LogP contribution in [-0.2, 0) is 0 Å². The predicted octanol–water partition coefficient (Wildman–Crippen LogP) is 2.62. The van der Waals surface area contributed by atoms with Gasteiger partial charge in [-0.3, -0.25) is 14.6 Å². The number of carbonyl (C=O) groups is 1. The standard InChI is InChI=1S/C17H9FN2O5/c18-8-1-3-10-12(21)7-15(24-13(10)5-8)16(22)19-9-2-4-11-14(6-9)25-17(23)20-11/h1-7H,(H,19,22)(H,20,23).